The van der Waals surface area contributed by atoms with E-state index >= 15 is 0 Å². The molecular weight excluding hydrogens is 242 g/mol. The van der Waals surface area contributed by atoms with E-state index in [2.05, 4.69) is 9.97 Å². The number of hydrogen-bond donors (Lipinski definition) is 2. The molecule has 102 valence electrons. The second-order valence-electron chi connectivity index (χ2n) is 4.29. The zero-order valence-corrected chi connectivity index (χ0v) is 11.5. The first kappa shape index (κ1) is 13.4. The van der Waals surface area contributed by atoms with Crippen LogP contribution in [0.2, 0.25) is 0 Å². The summed E-state index contributed by atoms with van der Waals surface area (Å²) in [4.78, 5) is 7.49. The highest BCUT2D eigenvalue weighted by Gasteiger charge is 2.15. The van der Waals surface area contributed by atoms with Crippen LogP contribution in [-0.4, -0.2) is 30.7 Å². The molecule has 5 heteroatoms. The van der Waals surface area contributed by atoms with Crippen LogP contribution in [0.4, 0.5) is 0 Å². The number of aryl methyl sites for hydroxylation is 1. The molecule has 0 aliphatic rings. The molecule has 0 atom stereocenters. The van der Waals surface area contributed by atoms with Gasteiger partial charge in [0.25, 0.3) is 0 Å². The van der Waals surface area contributed by atoms with Gasteiger partial charge in [-0.2, -0.15) is 0 Å². The van der Waals surface area contributed by atoms with Crippen molar-refractivity contribution in [2.75, 3.05) is 20.8 Å². The molecule has 1 heterocycles. The Labute approximate surface area is 112 Å². The van der Waals surface area contributed by atoms with Gasteiger partial charge in [0.15, 0.2) is 0 Å². The summed E-state index contributed by atoms with van der Waals surface area (Å²) in [5, 5.41) is 0. The maximum Gasteiger partial charge on any atom is 0.128 e. The Bertz CT molecular complexity index is 564. The Kier molecular flexibility index (Phi) is 4.06. The molecule has 0 unspecified atom stereocenters. The van der Waals surface area contributed by atoms with Crippen molar-refractivity contribution in [3.63, 3.8) is 0 Å². The van der Waals surface area contributed by atoms with Crippen LogP contribution in [0.5, 0.6) is 11.5 Å². The van der Waals surface area contributed by atoms with Gasteiger partial charge in [-0.1, -0.05) is 0 Å². The number of benzene rings is 1. The molecule has 0 aliphatic carbocycles. The number of nitrogens with two attached hydrogens (primary N) is 1. The van der Waals surface area contributed by atoms with Gasteiger partial charge in [0.1, 0.15) is 11.5 Å². The van der Waals surface area contributed by atoms with Gasteiger partial charge in [-0.05, 0) is 31.2 Å². The summed E-state index contributed by atoms with van der Waals surface area (Å²) in [7, 11) is 3.31. The van der Waals surface area contributed by atoms with E-state index in [0.29, 0.717) is 6.54 Å². The largest absolute Gasteiger partial charge is 0.496 e. The Morgan fingerprint density at radius 2 is 1.95 bits per heavy atom. The van der Waals surface area contributed by atoms with Gasteiger partial charge >= 0.3 is 0 Å². The molecule has 3 N–H and O–H groups in total. The van der Waals surface area contributed by atoms with Crippen molar-refractivity contribution in [2.45, 2.75) is 13.3 Å². The Hall–Kier alpha value is -2.01. The number of nitrogens with zero attached hydrogens (tertiary/aromatic N) is 1. The summed E-state index contributed by atoms with van der Waals surface area (Å²) in [5.74, 6) is 1.60. The average molecular weight is 261 g/mol. The van der Waals surface area contributed by atoms with Gasteiger partial charge in [-0.15, -0.1) is 0 Å². The van der Waals surface area contributed by atoms with E-state index in [0.717, 1.165) is 40.4 Å². The van der Waals surface area contributed by atoms with Gasteiger partial charge in [-0.3, -0.25) is 0 Å². The molecule has 0 fully saturated rings. The minimum absolute atomic E-state index is 0.570. The zero-order chi connectivity index (χ0) is 13.8. The Morgan fingerprint density at radius 1 is 1.21 bits per heavy atom. The topological polar surface area (TPSA) is 73.2 Å². The van der Waals surface area contributed by atoms with Crippen molar-refractivity contribution >= 4 is 0 Å². The number of methoxy groups -OCH3 is 2. The Morgan fingerprint density at radius 3 is 2.58 bits per heavy atom. The number of rotatable bonds is 5. The molecule has 19 heavy (non-hydrogen) atoms. The summed E-state index contributed by atoms with van der Waals surface area (Å²) in [6.07, 6.45) is 2.42. The van der Waals surface area contributed by atoms with Crippen LogP contribution in [-0.2, 0) is 6.42 Å². The summed E-state index contributed by atoms with van der Waals surface area (Å²) < 4.78 is 10.8. The number of imidazole rings is 1. The lowest BCUT2D eigenvalue weighted by Crippen LogP contribution is -2.04. The lowest BCUT2D eigenvalue weighted by molar-refractivity contribution is 0.401. The fraction of sp³-hybridized carbons (Fsp3) is 0.357. The van der Waals surface area contributed by atoms with E-state index in [9.17, 15) is 0 Å². The van der Waals surface area contributed by atoms with Gasteiger partial charge in [0, 0.05) is 17.7 Å². The second-order valence-corrected chi connectivity index (χ2v) is 4.29. The van der Waals surface area contributed by atoms with Crippen molar-refractivity contribution in [3.8, 4) is 22.8 Å². The Balaban J connectivity index is 2.56. The first-order valence-electron chi connectivity index (χ1n) is 6.16. The predicted octanol–water partition coefficient (Wildman–Crippen LogP) is 1.90. The standard InChI is InChI=1S/C14H19N3O2/c1-9-6-13(19-3)10(7-12(9)18-2)14-11(4-5-15)16-8-17-14/h6-8H,4-5,15H2,1-3H3,(H,16,17). The van der Waals surface area contributed by atoms with E-state index in [1.165, 1.54) is 0 Å². The first-order valence-corrected chi connectivity index (χ1v) is 6.16. The van der Waals surface area contributed by atoms with Crippen LogP contribution in [0.25, 0.3) is 11.3 Å². The molecule has 0 radical (unpaired) electrons. The third-order valence-electron chi connectivity index (χ3n) is 3.08. The highest BCUT2D eigenvalue weighted by atomic mass is 16.5. The van der Waals surface area contributed by atoms with Crippen molar-refractivity contribution in [3.05, 3.63) is 29.7 Å². The molecule has 0 amide bonds. The number of H-pyrrole nitrogens is 1. The average Bonchev–Trinajstić information content (AvgIpc) is 2.87. The van der Waals surface area contributed by atoms with Gasteiger partial charge < -0.3 is 20.2 Å². The van der Waals surface area contributed by atoms with E-state index in [4.69, 9.17) is 15.2 Å². The minimum atomic E-state index is 0.570. The lowest BCUT2D eigenvalue weighted by atomic mass is 10.0. The summed E-state index contributed by atoms with van der Waals surface area (Å²) in [6.45, 7) is 2.55. The normalized spacial score (nSPS) is 10.5. The third-order valence-corrected chi connectivity index (χ3v) is 3.08. The highest BCUT2D eigenvalue weighted by molar-refractivity contribution is 5.72. The number of aromatic nitrogens is 2. The fourth-order valence-corrected chi connectivity index (χ4v) is 2.12. The summed E-state index contributed by atoms with van der Waals surface area (Å²) >= 11 is 0. The molecule has 0 aliphatic heterocycles. The monoisotopic (exact) mass is 261 g/mol. The molecule has 2 aromatic rings. The van der Waals surface area contributed by atoms with Crippen LogP contribution in [0.3, 0.4) is 0 Å². The maximum absolute atomic E-state index is 5.61. The zero-order valence-electron chi connectivity index (χ0n) is 11.5. The van der Waals surface area contributed by atoms with Crippen molar-refractivity contribution in [1.82, 2.24) is 9.97 Å². The maximum atomic E-state index is 5.61. The minimum Gasteiger partial charge on any atom is -0.496 e. The van der Waals surface area contributed by atoms with Crippen molar-refractivity contribution in [1.29, 1.82) is 0 Å². The van der Waals surface area contributed by atoms with E-state index in [1.807, 2.05) is 19.1 Å². The predicted molar refractivity (Wildman–Crippen MR) is 74.6 cm³/mol. The van der Waals surface area contributed by atoms with Crippen LogP contribution in [0.1, 0.15) is 11.3 Å². The quantitative estimate of drug-likeness (QED) is 0.862. The fourth-order valence-electron chi connectivity index (χ4n) is 2.12. The molecule has 1 aromatic heterocycles. The molecular formula is C14H19N3O2. The number of ether oxygens (including phenoxy) is 2. The van der Waals surface area contributed by atoms with Crippen LogP contribution in [0.15, 0.2) is 18.5 Å². The number of aromatic amines is 1. The van der Waals surface area contributed by atoms with E-state index in [-0.39, 0.29) is 0 Å². The smallest absolute Gasteiger partial charge is 0.128 e. The van der Waals surface area contributed by atoms with E-state index < -0.39 is 0 Å². The van der Waals surface area contributed by atoms with Gasteiger partial charge in [0.05, 0.1) is 26.2 Å². The highest BCUT2D eigenvalue weighted by Crippen LogP contribution is 2.36. The molecule has 0 saturated carbocycles. The van der Waals surface area contributed by atoms with Crippen molar-refractivity contribution in [2.24, 2.45) is 5.73 Å². The molecule has 0 saturated heterocycles. The molecule has 0 spiro atoms. The van der Waals surface area contributed by atoms with Gasteiger partial charge in [0.2, 0.25) is 0 Å². The SMILES string of the molecule is COc1cc(-c2nc[nH]c2CCN)c(OC)cc1C. The number of nitrogens with one attached hydrogen (secondary N) is 1. The molecule has 1 aromatic carbocycles. The number of hydrogen-bond acceptors (Lipinski definition) is 4. The van der Waals surface area contributed by atoms with Crippen LogP contribution < -0.4 is 15.2 Å². The third kappa shape index (κ3) is 2.56. The lowest BCUT2D eigenvalue weighted by Gasteiger charge is -2.12. The first-order chi connectivity index (χ1) is 9.21. The van der Waals surface area contributed by atoms with Gasteiger partial charge in [-0.25, -0.2) is 4.98 Å². The van der Waals surface area contributed by atoms with Crippen LogP contribution in [0, 0.1) is 6.92 Å². The van der Waals surface area contributed by atoms with E-state index in [1.54, 1.807) is 20.5 Å². The molecule has 2 rings (SSSR count). The summed E-state index contributed by atoms with van der Waals surface area (Å²) in [6, 6.07) is 3.90. The van der Waals surface area contributed by atoms with Crippen LogP contribution >= 0.6 is 0 Å². The summed E-state index contributed by atoms with van der Waals surface area (Å²) in [5.41, 5.74) is 9.42. The second kappa shape index (κ2) is 5.75. The molecule has 5 nitrogen and oxygen atoms in total. The molecule has 0 bridgehead atoms. The van der Waals surface area contributed by atoms with Crippen molar-refractivity contribution < 1.29 is 9.47 Å².